The lowest BCUT2D eigenvalue weighted by molar-refractivity contribution is -0.139. The van der Waals surface area contributed by atoms with Crippen LogP contribution in [0.1, 0.15) is 21.5 Å². The van der Waals surface area contributed by atoms with Crippen molar-refractivity contribution in [3.05, 3.63) is 114 Å². The molecular weight excluding hydrogens is 466 g/mol. The highest BCUT2D eigenvalue weighted by atomic mass is 32.2. The Morgan fingerprint density at radius 3 is 2.29 bits per heavy atom. The summed E-state index contributed by atoms with van der Waals surface area (Å²) in [7, 11) is -4.11. The third-order valence-electron chi connectivity index (χ3n) is 5.30. The normalized spacial score (nSPS) is 14.1. The predicted octanol–water partition coefficient (Wildman–Crippen LogP) is 4.36. The molecule has 178 valence electrons. The quantitative estimate of drug-likeness (QED) is 0.265. The molecule has 0 N–H and O–H groups in total. The van der Waals surface area contributed by atoms with Gasteiger partial charge in [0.15, 0.2) is 12.4 Å². The van der Waals surface area contributed by atoms with Gasteiger partial charge in [0.1, 0.15) is 11.4 Å². The number of nitrogens with zero attached hydrogens (tertiary/aromatic N) is 1. The van der Waals surface area contributed by atoms with Gasteiger partial charge in [0.05, 0.1) is 11.4 Å². The summed E-state index contributed by atoms with van der Waals surface area (Å²) in [5.74, 6) is -1.06. The third-order valence-corrected chi connectivity index (χ3v) is 7.13. The Morgan fingerprint density at radius 1 is 0.943 bits per heavy atom. The molecule has 0 spiro atoms. The number of ether oxygens (including phenoxy) is 2. The SMILES string of the molecule is C=CCN1C(C(=O)c2ccccc2)=C(OC(=O)COc2ccc(C)cc2)c2ccccc2S1(=O)=O. The minimum absolute atomic E-state index is 0.0753. The lowest BCUT2D eigenvalue weighted by atomic mass is 10.0. The van der Waals surface area contributed by atoms with Gasteiger partial charge in [-0.25, -0.2) is 13.2 Å². The van der Waals surface area contributed by atoms with Gasteiger partial charge in [-0.3, -0.25) is 9.10 Å². The van der Waals surface area contributed by atoms with E-state index in [1.165, 1.54) is 18.2 Å². The molecule has 3 aromatic rings. The smallest absolute Gasteiger partial charge is 0.349 e. The van der Waals surface area contributed by atoms with Gasteiger partial charge in [0.25, 0.3) is 10.0 Å². The van der Waals surface area contributed by atoms with E-state index < -0.39 is 28.4 Å². The molecular formula is C27H23NO6S. The monoisotopic (exact) mass is 489 g/mol. The summed E-state index contributed by atoms with van der Waals surface area (Å²) in [5.41, 5.74) is 1.14. The van der Waals surface area contributed by atoms with Gasteiger partial charge in [-0.15, -0.1) is 6.58 Å². The van der Waals surface area contributed by atoms with Crippen molar-refractivity contribution >= 4 is 27.5 Å². The van der Waals surface area contributed by atoms with Crippen molar-refractivity contribution < 1.29 is 27.5 Å². The molecule has 0 fully saturated rings. The number of esters is 1. The molecule has 7 nitrogen and oxygen atoms in total. The van der Waals surface area contributed by atoms with E-state index in [0.717, 1.165) is 9.87 Å². The number of aryl methyl sites for hydroxylation is 1. The van der Waals surface area contributed by atoms with Crippen molar-refractivity contribution in [1.29, 1.82) is 0 Å². The molecule has 3 aromatic carbocycles. The maximum atomic E-state index is 13.6. The Labute approximate surface area is 204 Å². The van der Waals surface area contributed by atoms with Crippen LogP contribution in [0.5, 0.6) is 5.75 Å². The number of allylic oxidation sites excluding steroid dienone is 1. The second-order valence-electron chi connectivity index (χ2n) is 7.77. The Hall–Kier alpha value is -4.17. The van der Waals surface area contributed by atoms with Crippen LogP contribution in [0.4, 0.5) is 0 Å². The molecule has 0 saturated heterocycles. The summed E-state index contributed by atoms with van der Waals surface area (Å²) in [4.78, 5) is 26.3. The van der Waals surface area contributed by atoms with E-state index in [9.17, 15) is 18.0 Å². The van der Waals surface area contributed by atoms with Crippen molar-refractivity contribution in [3.8, 4) is 5.75 Å². The maximum Gasteiger partial charge on any atom is 0.349 e. The maximum absolute atomic E-state index is 13.6. The number of sulfonamides is 1. The summed E-state index contributed by atoms with van der Waals surface area (Å²) in [6, 6.07) is 21.4. The predicted molar refractivity (Wildman–Crippen MR) is 131 cm³/mol. The van der Waals surface area contributed by atoms with Crippen LogP contribution in [-0.2, 0) is 19.6 Å². The summed E-state index contributed by atoms with van der Waals surface area (Å²) in [6.07, 6.45) is 1.36. The highest BCUT2D eigenvalue weighted by Gasteiger charge is 2.41. The van der Waals surface area contributed by atoms with Crippen LogP contribution in [-0.4, -0.2) is 37.6 Å². The van der Waals surface area contributed by atoms with Crippen molar-refractivity contribution in [3.63, 3.8) is 0 Å². The summed E-state index contributed by atoms with van der Waals surface area (Å²) in [5, 5.41) is 0. The van der Waals surface area contributed by atoms with Gasteiger partial charge in [0, 0.05) is 11.1 Å². The van der Waals surface area contributed by atoms with E-state index in [4.69, 9.17) is 9.47 Å². The molecule has 0 saturated carbocycles. The third kappa shape index (κ3) is 4.88. The average molecular weight is 490 g/mol. The number of benzene rings is 3. The van der Waals surface area contributed by atoms with Crippen LogP contribution < -0.4 is 4.74 Å². The first kappa shape index (κ1) is 24.0. The number of ketones is 1. The van der Waals surface area contributed by atoms with Crippen molar-refractivity contribution in [2.75, 3.05) is 13.2 Å². The molecule has 0 unspecified atom stereocenters. The Kier molecular flexibility index (Phi) is 6.84. The molecule has 0 atom stereocenters. The minimum Gasteiger partial charge on any atom is -0.482 e. The van der Waals surface area contributed by atoms with E-state index >= 15 is 0 Å². The molecule has 0 aromatic heterocycles. The Morgan fingerprint density at radius 2 is 1.60 bits per heavy atom. The first-order valence-corrected chi connectivity index (χ1v) is 12.2. The summed E-state index contributed by atoms with van der Waals surface area (Å²) < 4.78 is 39.0. The highest BCUT2D eigenvalue weighted by molar-refractivity contribution is 7.89. The van der Waals surface area contributed by atoms with Crippen LogP contribution in [0.15, 0.2) is 102 Å². The average Bonchev–Trinajstić information content (AvgIpc) is 2.87. The number of rotatable bonds is 8. The van der Waals surface area contributed by atoms with Crippen LogP contribution >= 0.6 is 0 Å². The van der Waals surface area contributed by atoms with Crippen LogP contribution in [0.3, 0.4) is 0 Å². The number of carbonyl (C=O) groups is 2. The molecule has 4 rings (SSSR count). The van der Waals surface area contributed by atoms with Crippen LogP contribution in [0.2, 0.25) is 0 Å². The highest BCUT2D eigenvalue weighted by Crippen LogP contribution is 2.38. The second-order valence-corrected chi connectivity index (χ2v) is 9.60. The fourth-order valence-corrected chi connectivity index (χ4v) is 5.27. The number of Topliss-reactive ketones (excluding diaryl/α,β-unsaturated/α-hetero) is 1. The molecule has 35 heavy (non-hydrogen) atoms. The molecule has 0 bridgehead atoms. The van der Waals surface area contributed by atoms with E-state index in [2.05, 4.69) is 6.58 Å². The van der Waals surface area contributed by atoms with Crippen molar-refractivity contribution in [2.45, 2.75) is 11.8 Å². The van der Waals surface area contributed by atoms with Gasteiger partial charge >= 0.3 is 5.97 Å². The van der Waals surface area contributed by atoms with E-state index in [-0.39, 0.29) is 34.0 Å². The van der Waals surface area contributed by atoms with Gasteiger partial charge in [-0.05, 0) is 31.2 Å². The summed E-state index contributed by atoms with van der Waals surface area (Å²) >= 11 is 0. The van der Waals surface area contributed by atoms with Gasteiger partial charge in [0.2, 0.25) is 5.78 Å². The van der Waals surface area contributed by atoms with E-state index in [1.807, 2.05) is 19.1 Å². The first-order valence-electron chi connectivity index (χ1n) is 10.8. The number of hydrogen-bond acceptors (Lipinski definition) is 6. The minimum atomic E-state index is -4.11. The second kappa shape index (κ2) is 9.99. The number of hydrogen-bond donors (Lipinski definition) is 0. The van der Waals surface area contributed by atoms with Crippen LogP contribution in [0.25, 0.3) is 5.76 Å². The van der Waals surface area contributed by atoms with Gasteiger partial charge in [-0.2, -0.15) is 0 Å². The van der Waals surface area contributed by atoms with Crippen molar-refractivity contribution in [2.24, 2.45) is 0 Å². The molecule has 0 aliphatic carbocycles. The van der Waals surface area contributed by atoms with E-state index in [1.54, 1.807) is 54.6 Å². The van der Waals surface area contributed by atoms with Crippen LogP contribution in [0, 0.1) is 6.92 Å². The molecule has 0 amide bonds. The molecule has 1 aliphatic rings. The van der Waals surface area contributed by atoms with Gasteiger partial charge in [-0.1, -0.05) is 66.2 Å². The standard InChI is InChI=1S/C27H23NO6S/c1-3-17-28-25(26(30)20-9-5-4-6-10-20)27(22-11-7-8-12-23(22)35(28,31)32)34-24(29)18-33-21-15-13-19(2)14-16-21/h3-16H,1,17-18H2,2H3. The number of carbonyl (C=O) groups excluding carboxylic acids is 2. The lowest BCUT2D eigenvalue weighted by Gasteiger charge is -2.32. The van der Waals surface area contributed by atoms with Gasteiger partial charge < -0.3 is 9.47 Å². The fraction of sp³-hybridized carbons (Fsp3) is 0.111. The molecule has 0 radical (unpaired) electrons. The molecule has 1 heterocycles. The van der Waals surface area contributed by atoms with Crippen molar-refractivity contribution in [1.82, 2.24) is 4.31 Å². The Bertz CT molecular complexity index is 1410. The summed E-state index contributed by atoms with van der Waals surface area (Å²) in [6.45, 7) is 4.94. The molecule has 1 aliphatic heterocycles. The zero-order chi connectivity index (χ0) is 25.0. The fourth-order valence-electron chi connectivity index (χ4n) is 3.63. The molecule has 8 heteroatoms. The number of fused-ring (bicyclic) bond motifs is 1. The van der Waals surface area contributed by atoms with E-state index in [0.29, 0.717) is 5.75 Å². The zero-order valence-corrected chi connectivity index (χ0v) is 19.8. The topological polar surface area (TPSA) is 90.0 Å². The Balaban J connectivity index is 1.79. The lowest BCUT2D eigenvalue weighted by Crippen LogP contribution is -2.39. The zero-order valence-electron chi connectivity index (χ0n) is 19.0. The first-order chi connectivity index (χ1) is 16.8. The largest absolute Gasteiger partial charge is 0.482 e.